The molecule has 1 rings (SSSR count). The molecule has 1 aliphatic carbocycles. The fourth-order valence-corrected chi connectivity index (χ4v) is 2.00. The van der Waals surface area contributed by atoms with Crippen molar-refractivity contribution in [3.05, 3.63) is 0 Å². The van der Waals surface area contributed by atoms with Gasteiger partial charge in [0.05, 0.1) is 12.7 Å². The predicted molar refractivity (Wildman–Crippen MR) is 63.4 cm³/mol. The molecule has 0 saturated heterocycles. The van der Waals surface area contributed by atoms with Gasteiger partial charge < -0.3 is 19.5 Å². The van der Waals surface area contributed by atoms with E-state index in [1.807, 2.05) is 20.9 Å². The zero-order valence-electron chi connectivity index (χ0n) is 10.7. The smallest absolute Gasteiger partial charge is 0.180 e. The zero-order chi connectivity index (χ0) is 11.8. The van der Waals surface area contributed by atoms with E-state index in [9.17, 15) is 0 Å². The van der Waals surface area contributed by atoms with Crippen LogP contribution in [0.4, 0.5) is 0 Å². The molecule has 0 aromatic carbocycles. The number of ether oxygens (including phenoxy) is 3. The highest BCUT2D eigenvalue weighted by Crippen LogP contribution is 2.29. The van der Waals surface area contributed by atoms with Gasteiger partial charge in [-0.2, -0.15) is 0 Å². The number of rotatable bonds is 9. The first-order chi connectivity index (χ1) is 7.80. The lowest BCUT2D eigenvalue weighted by Crippen LogP contribution is -2.39. The Hall–Kier alpha value is -0.160. The molecule has 0 unspecified atom stereocenters. The average molecular weight is 231 g/mol. The van der Waals surface area contributed by atoms with Crippen LogP contribution in [0.15, 0.2) is 0 Å². The molecule has 1 N–H and O–H groups in total. The number of hydrogen-bond donors (Lipinski definition) is 1. The van der Waals surface area contributed by atoms with Gasteiger partial charge in [-0.05, 0) is 46.2 Å². The van der Waals surface area contributed by atoms with Crippen molar-refractivity contribution in [2.24, 2.45) is 5.92 Å². The zero-order valence-corrected chi connectivity index (χ0v) is 10.7. The highest BCUT2D eigenvalue weighted by Gasteiger charge is 2.29. The van der Waals surface area contributed by atoms with Crippen LogP contribution in [-0.4, -0.2) is 45.8 Å². The number of hydrogen-bond acceptors (Lipinski definition) is 4. The van der Waals surface area contributed by atoms with Crippen molar-refractivity contribution < 1.29 is 14.2 Å². The van der Waals surface area contributed by atoms with E-state index in [-0.39, 0.29) is 6.29 Å². The molecule has 0 amide bonds. The van der Waals surface area contributed by atoms with E-state index in [0.29, 0.717) is 25.9 Å². The Morgan fingerprint density at radius 2 is 1.81 bits per heavy atom. The molecule has 0 aromatic rings. The van der Waals surface area contributed by atoms with E-state index in [2.05, 4.69) is 5.32 Å². The van der Waals surface area contributed by atoms with Gasteiger partial charge in [0.25, 0.3) is 0 Å². The van der Waals surface area contributed by atoms with Crippen molar-refractivity contribution in [3.8, 4) is 0 Å². The Bertz CT molecular complexity index is 166. The third-order valence-corrected chi connectivity index (χ3v) is 2.86. The summed E-state index contributed by atoms with van der Waals surface area (Å²) in [5.74, 6) is 0.785. The Morgan fingerprint density at radius 3 is 2.31 bits per heavy atom. The van der Waals surface area contributed by atoms with Gasteiger partial charge >= 0.3 is 0 Å². The average Bonchev–Trinajstić information content (AvgIpc) is 2.21. The first-order valence-electron chi connectivity index (χ1n) is 6.29. The third-order valence-electron chi connectivity index (χ3n) is 2.86. The van der Waals surface area contributed by atoms with Crippen molar-refractivity contribution in [1.82, 2.24) is 5.32 Å². The molecule has 0 aromatic heterocycles. The lowest BCUT2D eigenvalue weighted by molar-refractivity contribution is -0.185. The van der Waals surface area contributed by atoms with Crippen LogP contribution in [0.25, 0.3) is 0 Å². The van der Waals surface area contributed by atoms with Gasteiger partial charge in [0.2, 0.25) is 0 Å². The minimum absolute atomic E-state index is 0.196. The lowest BCUT2D eigenvalue weighted by atomic mass is 9.82. The molecule has 0 heterocycles. The lowest BCUT2D eigenvalue weighted by Gasteiger charge is -2.35. The minimum Gasteiger partial charge on any atom is -0.373 e. The summed E-state index contributed by atoms with van der Waals surface area (Å²) in [6.07, 6.45) is 2.53. The van der Waals surface area contributed by atoms with Crippen LogP contribution >= 0.6 is 0 Å². The summed E-state index contributed by atoms with van der Waals surface area (Å²) in [6.45, 7) is 6.93. The van der Waals surface area contributed by atoms with Crippen LogP contribution in [-0.2, 0) is 14.2 Å². The topological polar surface area (TPSA) is 39.7 Å². The Kier molecular flexibility index (Phi) is 6.96. The normalized spacial score (nSPS) is 24.8. The molecule has 1 aliphatic rings. The summed E-state index contributed by atoms with van der Waals surface area (Å²) in [4.78, 5) is 0. The van der Waals surface area contributed by atoms with Gasteiger partial charge in [-0.3, -0.25) is 0 Å². The molecule has 4 heteroatoms. The maximum Gasteiger partial charge on any atom is 0.180 e. The summed E-state index contributed by atoms with van der Waals surface area (Å²) in [5.41, 5.74) is 0. The summed E-state index contributed by atoms with van der Waals surface area (Å²) >= 11 is 0. The van der Waals surface area contributed by atoms with Crippen LogP contribution in [0.2, 0.25) is 0 Å². The van der Waals surface area contributed by atoms with Gasteiger partial charge in [0.15, 0.2) is 6.29 Å². The predicted octanol–water partition coefficient (Wildman–Crippen LogP) is 1.40. The summed E-state index contributed by atoms with van der Waals surface area (Å²) < 4.78 is 16.6. The Morgan fingerprint density at radius 1 is 1.19 bits per heavy atom. The monoisotopic (exact) mass is 231 g/mol. The van der Waals surface area contributed by atoms with Crippen molar-refractivity contribution in [2.45, 2.75) is 39.1 Å². The molecule has 0 atom stereocenters. The highest BCUT2D eigenvalue weighted by molar-refractivity contribution is 4.81. The van der Waals surface area contributed by atoms with Crippen molar-refractivity contribution in [3.63, 3.8) is 0 Å². The van der Waals surface area contributed by atoms with Gasteiger partial charge in [-0.1, -0.05) is 0 Å². The summed E-state index contributed by atoms with van der Waals surface area (Å²) in [6, 6.07) is 0. The molecule has 1 fully saturated rings. The van der Waals surface area contributed by atoms with Gasteiger partial charge in [-0.15, -0.1) is 0 Å². The molecule has 16 heavy (non-hydrogen) atoms. The van der Waals surface area contributed by atoms with Crippen LogP contribution in [0, 0.1) is 5.92 Å². The van der Waals surface area contributed by atoms with Crippen LogP contribution in [0.3, 0.4) is 0 Å². The van der Waals surface area contributed by atoms with E-state index >= 15 is 0 Å². The summed E-state index contributed by atoms with van der Waals surface area (Å²) in [5, 5.41) is 3.19. The van der Waals surface area contributed by atoms with E-state index < -0.39 is 0 Å². The van der Waals surface area contributed by atoms with E-state index in [1.54, 1.807) is 0 Å². The molecule has 4 nitrogen and oxygen atoms in total. The van der Waals surface area contributed by atoms with E-state index in [4.69, 9.17) is 14.2 Å². The fraction of sp³-hybridized carbons (Fsp3) is 1.00. The Labute approximate surface area is 98.6 Å². The first kappa shape index (κ1) is 13.9. The maximum atomic E-state index is 5.74. The van der Waals surface area contributed by atoms with E-state index in [1.165, 1.54) is 0 Å². The third kappa shape index (κ3) is 4.78. The summed E-state index contributed by atoms with van der Waals surface area (Å²) in [7, 11) is 1.99. The molecule has 96 valence electrons. The highest BCUT2D eigenvalue weighted by atomic mass is 16.7. The van der Waals surface area contributed by atoms with E-state index in [0.717, 1.165) is 25.3 Å². The fourth-order valence-electron chi connectivity index (χ4n) is 2.00. The van der Waals surface area contributed by atoms with Crippen molar-refractivity contribution >= 4 is 0 Å². The standard InChI is InChI=1S/C12H25NO3/c1-4-14-12(15-5-2)9-16-11-6-10(7-11)8-13-3/h10-13H,4-9H2,1-3H3. The van der Waals surface area contributed by atoms with Gasteiger partial charge in [0, 0.05) is 13.2 Å². The van der Waals surface area contributed by atoms with Crippen molar-refractivity contribution in [2.75, 3.05) is 33.4 Å². The van der Waals surface area contributed by atoms with Crippen LogP contribution in [0.1, 0.15) is 26.7 Å². The van der Waals surface area contributed by atoms with Gasteiger partial charge in [0.1, 0.15) is 0 Å². The number of nitrogens with one attached hydrogen (secondary N) is 1. The van der Waals surface area contributed by atoms with Gasteiger partial charge in [-0.25, -0.2) is 0 Å². The second kappa shape index (κ2) is 8.01. The SMILES string of the molecule is CCOC(COC1CC(CNC)C1)OCC. The molecule has 0 bridgehead atoms. The van der Waals surface area contributed by atoms with Crippen molar-refractivity contribution in [1.29, 1.82) is 0 Å². The molecule has 0 aliphatic heterocycles. The van der Waals surface area contributed by atoms with Crippen LogP contribution in [0.5, 0.6) is 0 Å². The molecule has 1 saturated carbocycles. The second-order valence-corrected chi connectivity index (χ2v) is 4.19. The molecular weight excluding hydrogens is 206 g/mol. The first-order valence-corrected chi connectivity index (χ1v) is 6.29. The molecule has 0 radical (unpaired) electrons. The molecular formula is C12H25NO3. The Balaban J connectivity index is 2.05. The quantitative estimate of drug-likeness (QED) is 0.609. The second-order valence-electron chi connectivity index (χ2n) is 4.19. The largest absolute Gasteiger partial charge is 0.373 e. The minimum atomic E-state index is -0.196. The molecule has 0 spiro atoms. The maximum absolute atomic E-state index is 5.74. The van der Waals surface area contributed by atoms with Crippen LogP contribution < -0.4 is 5.32 Å².